The van der Waals surface area contributed by atoms with E-state index in [-0.39, 0.29) is 16.7 Å². The first-order valence-corrected chi connectivity index (χ1v) is 8.51. The molecule has 0 aromatic heterocycles. The number of thioether (sulfide) groups is 1. The topological polar surface area (TPSA) is 55.2 Å². The third-order valence-electron chi connectivity index (χ3n) is 3.33. The Kier molecular flexibility index (Phi) is 8.30. The lowest BCUT2D eigenvalue weighted by Crippen LogP contribution is -2.19. The average Bonchev–Trinajstić information content (AvgIpc) is 2.46. The van der Waals surface area contributed by atoms with Gasteiger partial charge in [0, 0.05) is 18.2 Å². The number of non-ortho nitro benzene ring substituents is 1. The summed E-state index contributed by atoms with van der Waals surface area (Å²) in [6.45, 7) is 3.09. The van der Waals surface area contributed by atoms with Gasteiger partial charge in [-0.15, -0.1) is 0 Å². The van der Waals surface area contributed by atoms with Gasteiger partial charge in [0.05, 0.1) is 4.92 Å². The SMILES string of the molecule is CSCCCCCCNC(C)c1ccc([N+](=O)[O-])cc1. The molecule has 0 amide bonds. The number of nitrogens with one attached hydrogen (secondary N) is 1. The third-order valence-corrected chi connectivity index (χ3v) is 4.03. The van der Waals surface area contributed by atoms with E-state index in [0.717, 1.165) is 12.1 Å². The van der Waals surface area contributed by atoms with E-state index < -0.39 is 0 Å². The second-order valence-electron chi connectivity index (χ2n) is 4.93. The first-order valence-electron chi connectivity index (χ1n) is 7.12. The third kappa shape index (κ3) is 6.39. The minimum absolute atomic E-state index is 0.148. The van der Waals surface area contributed by atoms with Gasteiger partial charge in [0.15, 0.2) is 0 Å². The summed E-state index contributed by atoms with van der Waals surface area (Å²) in [5.41, 5.74) is 1.24. The second-order valence-corrected chi connectivity index (χ2v) is 5.92. The zero-order valence-electron chi connectivity index (χ0n) is 12.3. The van der Waals surface area contributed by atoms with Gasteiger partial charge in [-0.25, -0.2) is 0 Å². The molecule has 0 aliphatic carbocycles. The lowest BCUT2D eigenvalue weighted by molar-refractivity contribution is -0.384. The lowest BCUT2D eigenvalue weighted by atomic mass is 10.1. The highest BCUT2D eigenvalue weighted by Gasteiger charge is 2.08. The van der Waals surface area contributed by atoms with Crippen LogP contribution < -0.4 is 5.32 Å². The van der Waals surface area contributed by atoms with Crippen LogP contribution >= 0.6 is 11.8 Å². The van der Waals surface area contributed by atoms with Crippen molar-refractivity contribution in [3.05, 3.63) is 39.9 Å². The maximum absolute atomic E-state index is 10.6. The van der Waals surface area contributed by atoms with Gasteiger partial charge in [-0.2, -0.15) is 11.8 Å². The number of rotatable bonds is 10. The Morgan fingerprint density at radius 1 is 1.20 bits per heavy atom. The molecule has 1 rings (SSSR count). The van der Waals surface area contributed by atoms with E-state index in [1.807, 2.05) is 23.9 Å². The van der Waals surface area contributed by atoms with Crippen LogP contribution in [0.5, 0.6) is 0 Å². The number of hydrogen-bond donors (Lipinski definition) is 1. The molecule has 0 fully saturated rings. The minimum Gasteiger partial charge on any atom is -0.310 e. The monoisotopic (exact) mass is 296 g/mol. The number of nitrogens with zero attached hydrogens (tertiary/aromatic N) is 1. The van der Waals surface area contributed by atoms with Gasteiger partial charge in [0.1, 0.15) is 0 Å². The highest BCUT2D eigenvalue weighted by molar-refractivity contribution is 7.98. The number of hydrogen-bond acceptors (Lipinski definition) is 4. The Morgan fingerprint density at radius 2 is 1.85 bits per heavy atom. The summed E-state index contributed by atoms with van der Waals surface area (Å²) >= 11 is 1.91. The number of nitro benzene ring substituents is 1. The van der Waals surface area contributed by atoms with Crippen LogP contribution in [0.15, 0.2) is 24.3 Å². The van der Waals surface area contributed by atoms with Crippen LogP contribution in [0.25, 0.3) is 0 Å². The van der Waals surface area contributed by atoms with Gasteiger partial charge in [0.2, 0.25) is 0 Å². The van der Waals surface area contributed by atoms with Crippen molar-refractivity contribution >= 4 is 17.4 Å². The molecule has 0 aliphatic heterocycles. The zero-order chi connectivity index (χ0) is 14.8. The van der Waals surface area contributed by atoms with Crippen molar-refractivity contribution < 1.29 is 4.92 Å². The molecule has 0 saturated carbocycles. The summed E-state index contributed by atoms with van der Waals surface area (Å²) < 4.78 is 0. The Bertz CT molecular complexity index is 395. The molecule has 0 saturated heterocycles. The maximum Gasteiger partial charge on any atom is 0.269 e. The molecule has 0 heterocycles. The van der Waals surface area contributed by atoms with E-state index in [1.165, 1.54) is 31.4 Å². The van der Waals surface area contributed by atoms with E-state index in [4.69, 9.17) is 0 Å². The van der Waals surface area contributed by atoms with Crippen molar-refractivity contribution in [2.45, 2.75) is 38.6 Å². The quantitative estimate of drug-likeness (QED) is 0.400. The van der Waals surface area contributed by atoms with E-state index >= 15 is 0 Å². The molecule has 1 aromatic rings. The van der Waals surface area contributed by atoms with Gasteiger partial charge in [0.25, 0.3) is 5.69 Å². The predicted molar refractivity (Wildman–Crippen MR) is 86.4 cm³/mol. The van der Waals surface area contributed by atoms with Gasteiger partial charge in [-0.3, -0.25) is 10.1 Å². The van der Waals surface area contributed by atoms with E-state index in [9.17, 15) is 10.1 Å². The molecule has 0 spiro atoms. The summed E-state index contributed by atoms with van der Waals surface area (Å²) in [6, 6.07) is 7.02. The van der Waals surface area contributed by atoms with Crippen LogP contribution in [0.4, 0.5) is 5.69 Å². The Morgan fingerprint density at radius 3 is 2.45 bits per heavy atom. The zero-order valence-corrected chi connectivity index (χ0v) is 13.1. The Hall–Kier alpha value is -1.07. The molecule has 0 radical (unpaired) electrons. The first kappa shape index (κ1) is 17.0. The van der Waals surface area contributed by atoms with Crippen LogP contribution in [-0.4, -0.2) is 23.5 Å². The van der Waals surface area contributed by atoms with Crippen molar-refractivity contribution in [3.8, 4) is 0 Å². The minimum atomic E-state index is -0.365. The molecule has 0 bridgehead atoms. The summed E-state index contributed by atoms with van der Waals surface area (Å²) in [6.07, 6.45) is 7.20. The van der Waals surface area contributed by atoms with Crippen LogP contribution in [0.1, 0.15) is 44.2 Å². The van der Waals surface area contributed by atoms with Crippen LogP contribution in [0.2, 0.25) is 0 Å². The van der Waals surface area contributed by atoms with Gasteiger partial charge >= 0.3 is 0 Å². The molecule has 5 heteroatoms. The van der Waals surface area contributed by atoms with Crippen molar-refractivity contribution in [2.24, 2.45) is 0 Å². The smallest absolute Gasteiger partial charge is 0.269 e. The molecular weight excluding hydrogens is 272 g/mol. The normalized spacial score (nSPS) is 12.3. The maximum atomic E-state index is 10.6. The fourth-order valence-electron chi connectivity index (χ4n) is 2.05. The standard InChI is InChI=1S/C15H24N2O2S/c1-13(16-11-5-3-4-6-12-20-2)14-7-9-15(10-8-14)17(18)19/h7-10,13,16H,3-6,11-12H2,1-2H3. The molecular formula is C15H24N2O2S. The Balaban J connectivity index is 2.22. The molecule has 1 aromatic carbocycles. The molecule has 0 aliphatic rings. The molecule has 20 heavy (non-hydrogen) atoms. The molecule has 1 N–H and O–H groups in total. The summed E-state index contributed by atoms with van der Waals surface area (Å²) in [4.78, 5) is 10.2. The highest BCUT2D eigenvalue weighted by atomic mass is 32.2. The van der Waals surface area contributed by atoms with E-state index in [0.29, 0.717) is 0 Å². The van der Waals surface area contributed by atoms with Crippen molar-refractivity contribution in [3.63, 3.8) is 0 Å². The number of benzene rings is 1. The van der Waals surface area contributed by atoms with Gasteiger partial charge < -0.3 is 5.32 Å². The average molecular weight is 296 g/mol. The molecule has 112 valence electrons. The fraction of sp³-hybridized carbons (Fsp3) is 0.600. The van der Waals surface area contributed by atoms with E-state index in [2.05, 4.69) is 18.5 Å². The van der Waals surface area contributed by atoms with E-state index in [1.54, 1.807) is 12.1 Å². The molecule has 4 nitrogen and oxygen atoms in total. The van der Waals surface area contributed by atoms with Crippen molar-refractivity contribution in [1.29, 1.82) is 0 Å². The van der Waals surface area contributed by atoms with Crippen molar-refractivity contribution in [2.75, 3.05) is 18.6 Å². The van der Waals surface area contributed by atoms with Crippen LogP contribution in [0, 0.1) is 10.1 Å². The van der Waals surface area contributed by atoms with Crippen LogP contribution in [-0.2, 0) is 0 Å². The van der Waals surface area contributed by atoms with Gasteiger partial charge in [-0.05, 0) is 43.9 Å². The highest BCUT2D eigenvalue weighted by Crippen LogP contribution is 2.17. The summed E-state index contributed by atoms with van der Waals surface area (Å²) in [7, 11) is 0. The lowest BCUT2D eigenvalue weighted by Gasteiger charge is -2.14. The predicted octanol–water partition coefficient (Wildman–Crippen LogP) is 4.17. The second kappa shape index (κ2) is 9.77. The summed E-state index contributed by atoms with van der Waals surface area (Å²) in [5, 5.41) is 14.1. The van der Waals surface area contributed by atoms with Crippen LogP contribution in [0.3, 0.4) is 0 Å². The van der Waals surface area contributed by atoms with Crippen molar-refractivity contribution in [1.82, 2.24) is 5.32 Å². The number of unbranched alkanes of at least 4 members (excludes halogenated alkanes) is 3. The number of nitro groups is 1. The van der Waals surface area contributed by atoms with Gasteiger partial charge in [-0.1, -0.05) is 25.0 Å². The Labute approximate surface area is 125 Å². The fourth-order valence-corrected chi connectivity index (χ4v) is 2.54. The largest absolute Gasteiger partial charge is 0.310 e. The summed E-state index contributed by atoms with van der Waals surface area (Å²) in [5.74, 6) is 1.26. The first-order chi connectivity index (χ1) is 9.65. The molecule has 1 unspecified atom stereocenters. The molecule has 1 atom stereocenters.